The fourth-order valence-corrected chi connectivity index (χ4v) is 6.56. The Labute approximate surface area is 280 Å². The maximum absolute atomic E-state index is 14.5. The van der Waals surface area contributed by atoms with Crippen LogP contribution in [0.1, 0.15) is 31.4 Å². The van der Waals surface area contributed by atoms with E-state index in [0.29, 0.717) is 33.5 Å². The largest absolute Gasteiger partial charge is 0.497 e. The van der Waals surface area contributed by atoms with Gasteiger partial charge in [0.15, 0.2) is 0 Å². The number of benzene rings is 4. The molecule has 0 unspecified atom stereocenters. The van der Waals surface area contributed by atoms with E-state index in [9.17, 15) is 18.0 Å². The Kier molecular flexibility index (Phi) is 12.1. The zero-order valence-corrected chi connectivity index (χ0v) is 28.2. The lowest BCUT2D eigenvalue weighted by Crippen LogP contribution is -2.54. The van der Waals surface area contributed by atoms with Crippen LogP contribution in [0.2, 0.25) is 10.0 Å². The molecule has 0 heterocycles. The smallest absolute Gasteiger partial charge is 0.264 e. The Morgan fingerprint density at radius 2 is 1.48 bits per heavy atom. The van der Waals surface area contributed by atoms with Crippen molar-refractivity contribution in [3.05, 3.63) is 124 Å². The highest BCUT2D eigenvalue weighted by molar-refractivity contribution is 7.92. The van der Waals surface area contributed by atoms with Crippen LogP contribution in [0, 0.1) is 0 Å². The average molecular weight is 683 g/mol. The van der Waals surface area contributed by atoms with Gasteiger partial charge in [0.2, 0.25) is 11.8 Å². The molecule has 8 nitrogen and oxygen atoms in total. The Bertz CT molecular complexity index is 1720. The number of nitrogens with zero attached hydrogens (tertiary/aromatic N) is 2. The molecule has 11 heteroatoms. The summed E-state index contributed by atoms with van der Waals surface area (Å²) < 4.78 is 34.5. The van der Waals surface area contributed by atoms with E-state index < -0.39 is 28.5 Å². The number of hydrogen-bond acceptors (Lipinski definition) is 5. The summed E-state index contributed by atoms with van der Waals surface area (Å²) in [5.74, 6) is -0.437. The maximum atomic E-state index is 14.5. The van der Waals surface area contributed by atoms with E-state index in [0.717, 1.165) is 9.87 Å². The van der Waals surface area contributed by atoms with Crippen molar-refractivity contribution >= 4 is 50.7 Å². The molecule has 0 fully saturated rings. The van der Waals surface area contributed by atoms with E-state index in [4.69, 9.17) is 27.9 Å². The Morgan fingerprint density at radius 3 is 2.07 bits per heavy atom. The molecular weight excluding hydrogens is 645 g/mol. The molecule has 1 N–H and O–H groups in total. The molecule has 242 valence electrons. The van der Waals surface area contributed by atoms with Crippen LogP contribution in [0.4, 0.5) is 5.69 Å². The third-order valence-electron chi connectivity index (χ3n) is 7.58. The zero-order chi connectivity index (χ0) is 33.3. The second-order valence-electron chi connectivity index (χ2n) is 10.8. The fraction of sp³-hybridized carbons (Fsp3) is 0.257. The number of carbonyl (C=O) groups excluding carboxylic acids is 2. The number of carbonyl (C=O) groups is 2. The summed E-state index contributed by atoms with van der Waals surface area (Å²) in [6, 6.07) is 27.6. The van der Waals surface area contributed by atoms with Gasteiger partial charge >= 0.3 is 0 Å². The SMILES string of the molecule is CC[C@H](C)NC(=O)[C@H](Cc1ccccc1)N(Cc1ccc(Cl)c(Cl)c1)C(=O)CN(c1ccccc1)S(=O)(=O)c1ccc(OC)cc1. The van der Waals surface area contributed by atoms with E-state index in [2.05, 4.69) is 5.32 Å². The second-order valence-corrected chi connectivity index (χ2v) is 13.5. The van der Waals surface area contributed by atoms with Crippen molar-refractivity contribution in [1.29, 1.82) is 0 Å². The predicted molar refractivity (Wildman–Crippen MR) is 183 cm³/mol. The molecule has 0 saturated carbocycles. The lowest BCUT2D eigenvalue weighted by atomic mass is 10.0. The van der Waals surface area contributed by atoms with Crippen LogP contribution in [-0.4, -0.2) is 50.9 Å². The van der Waals surface area contributed by atoms with E-state index in [-0.39, 0.29) is 29.8 Å². The molecule has 0 aliphatic carbocycles. The van der Waals surface area contributed by atoms with Gasteiger partial charge < -0.3 is 15.0 Å². The number of halogens is 2. The van der Waals surface area contributed by atoms with E-state index in [1.54, 1.807) is 60.7 Å². The highest BCUT2D eigenvalue weighted by Crippen LogP contribution is 2.27. The van der Waals surface area contributed by atoms with Crippen molar-refractivity contribution in [3.63, 3.8) is 0 Å². The molecule has 4 aromatic rings. The van der Waals surface area contributed by atoms with Gasteiger partial charge in [0.1, 0.15) is 18.3 Å². The Hall–Kier alpha value is -4.05. The van der Waals surface area contributed by atoms with Gasteiger partial charge in [-0.1, -0.05) is 84.7 Å². The number of nitrogens with one attached hydrogen (secondary N) is 1. The van der Waals surface area contributed by atoms with Crippen LogP contribution in [0.3, 0.4) is 0 Å². The molecule has 0 bridgehead atoms. The molecule has 0 aliphatic heterocycles. The summed E-state index contributed by atoms with van der Waals surface area (Å²) in [5, 5.41) is 3.66. The maximum Gasteiger partial charge on any atom is 0.264 e. The molecule has 0 aromatic heterocycles. The zero-order valence-electron chi connectivity index (χ0n) is 25.9. The van der Waals surface area contributed by atoms with E-state index in [1.165, 1.54) is 24.1 Å². The first-order chi connectivity index (χ1) is 22.0. The predicted octanol–water partition coefficient (Wildman–Crippen LogP) is 6.75. The molecule has 0 spiro atoms. The Morgan fingerprint density at radius 1 is 0.848 bits per heavy atom. The monoisotopic (exact) mass is 681 g/mol. The fourth-order valence-electron chi connectivity index (χ4n) is 4.83. The first-order valence-electron chi connectivity index (χ1n) is 14.8. The Balaban J connectivity index is 1.80. The average Bonchev–Trinajstić information content (AvgIpc) is 3.07. The first-order valence-corrected chi connectivity index (χ1v) is 17.0. The molecule has 4 aromatic carbocycles. The highest BCUT2D eigenvalue weighted by Gasteiger charge is 2.35. The summed E-state index contributed by atoms with van der Waals surface area (Å²) in [6.07, 6.45) is 0.888. The summed E-state index contributed by atoms with van der Waals surface area (Å²) in [5.41, 5.74) is 1.76. The van der Waals surface area contributed by atoms with Gasteiger partial charge in [-0.3, -0.25) is 13.9 Å². The van der Waals surface area contributed by atoms with Crippen LogP contribution >= 0.6 is 23.2 Å². The third kappa shape index (κ3) is 8.81. The number of amides is 2. The van der Waals surface area contributed by atoms with Gasteiger partial charge in [0.05, 0.1) is 27.7 Å². The van der Waals surface area contributed by atoms with Gasteiger partial charge in [-0.15, -0.1) is 0 Å². The topological polar surface area (TPSA) is 96.0 Å². The van der Waals surface area contributed by atoms with E-state index in [1.807, 2.05) is 44.2 Å². The minimum absolute atomic E-state index is 0.0173. The highest BCUT2D eigenvalue weighted by atomic mass is 35.5. The normalized spacial score (nSPS) is 12.5. The van der Waals surface area contributed by atoms with Crippen LogP contribution in [-0.2, 0) is 32.6 Å². The number of rotatable bonds is 14. The van der Waals surface area contributed by atoms with Crippen molar-refractivity contribution in [2.45, 2.75) is 50.2 Å². The van der Waals surface area contributed by atoms with Crippen molar-refractivity contribution in [3.8, 4) is 5.75 Å². The molecule has 46 heavy (non-hydrogen) atoms. The molecule has 2 atom stereocenters. The summed E-state index contributed by atoms with van der Waals surface area (Å²) in [6.45, 7) is 3.26. The molecule has 4 rings (SSSR count). The second kappa shape index (κ2) is 16.0. The minimum atomic E-state index is -4.23. The quantitative estimate of drug-likeness (QED) is 0.159. The molecule has 0 radical (unpaired) electrons. The standard InChI is InChI=1S/C35H37Cl2N3O5S/c1-4-25(2)38-35(42)33(22-26-11-7-5-8-12-26)39(23-27-15-20-31(36)32(37)21-27)34(41)24-40(28-13-9-6-10-14-28)46(43,44)30-18-16-29(45-3)17-19-30/h5-21,25,33H,4,22-24H2,1-3H3,(H,38,42)/t25-,33-/m0/s1. The van der Waals surface area contributed by atoms with Gasteiger partial charge in [0, 0.05) is 19.0 Å². The van der Waals surface area contributed by atoms with E-state index >= 15 is 0 Å². The van der Waals surface area contributed by atoms with Crippen molar-refractivity contribution in [2.24, 2.45) is 0 Å². The summed E-state index contributed by atoms with van der Waals surface area (Å²) in [4.78, 5) is 29.8. The number of anilines is 1. The summed E-state index contributed by atoms with van der Waals surface area (Å²) >= 11 is 12.5. The minimum Gasteiger partial charge on any atom is -0.497 e. The number of para-hydroxylation sites is 1. The molecule has 0 saturated heterocycles. The van der Waals surface area contributed by atoms with Gasteiger partial charge in [-0.25, -0.2) is 8.42 Å². The van der Waals surface area contributed by atoms with Crippen LogP contribution in [0.15, 0.2) is 108 Å². The number of hydrogen-bond donors (Lipinski definition) is 1. The lowest BCUT2D eigenvalue weighted by Gasteiger charge is -2.34. The van der Waals surface area contributed by atoms with Crippen molar-refractivity contribution < 1.29 is 22.7 Å². The number of methoxy groups -OCH3 is 1. The molecule has 2 amide bonds. The van der Waals surface area contributed by atoms with Gasteiger partial charge in [0.25, 0.3) is 10.0 Å². The van der Waals surface area contributed by atoms with Crippen LogP contribution in [0.25, 0.3) is 0 Å². The third-order valence-corrected chi connectivity index (χ3v) is 10.1. The number of sulfonamides is 1. The first kappa shape index (κ1) is 34.8. The van der Waals surface area contributed by atoms with Crippen LogP contribution in [0.5, 0.6) is 5.75 Å². The van der Waals surface area contributed by atoms with Crippen LogP contribution < -0.4 is 14.4 Å². The lowest BCUT2D eigenvalue weighted by molar-refractivity contribution is -0.140. The van der Waals surface area contributed by atoms with Gasteiger partial charge in [-0.2, -0.15) is 0 Å². The summed E-state index contributed by atoms with van der Waals surface area (Å²) in [7, 11) is -2.74. The molecule has 0 aliphatic rings. The van der Waals surface area contributed by atoms with Gasteiger partial charge in [-0.05, 0) is 73.0 Å². The van der Waals surface area contributed by atoms with Crippen molar-refractivity contribution in [2.75, 3.05) is 18.0 Å². The van der Waals surface area contributed by atoms with Crippen molar-refractivity contribution in [1.82, 2.24) is 10.2 Å². The number of ether oxygens (including phenoxy) is 1. The molecular formula is C35H37Cl2N3O5S.